The van der Waals surface area contributed by atoms with Gasteiger partial charge in [0.05, 0.1) is 24.6 Å². The van der Waals surface area contributed by atoms with Gasteiger partial charge in [-0.3, -0.25) is 4.79 Å². The Morgan fingerprint density at radius 2 is 2.19 bits per heavy atom. The van der Waals surface area contributed by atoms with Crippen molar-refractivity contribution in [3.63, 3.8) is 0 Å². The van der Waals surface area contributed by atoms with E-state index >= 15 is 0 Å². The molecule has 3 rings (SSSR count). The minimum absolute atomic E-state index is 0.200. The number of aromatic carboxylic acids is 1. The molecule has 1 aliphatic carbocycles. The van der Waals surface area contributed by atoms with E-state index in [0.29, 0.717) is 18.0 Å². The van der Waals surface area contributed by atoms with E-state index in [1.54, 1.807) is 12.1 Å². The van der Waals surface area contributed by atoms with Crippen molar-refractivity contribution in [3.8, 4) is 0 Å². The van der Waals surface area contributed by atoms with Crippen LogP contribution in [-0.2, 0) is 16.1 Å². The number of hydrogen-bond acceptors (Lipinski definition) is 4. The zero-order valence-electron chi connectivity index (χ0n) is 11.7. The highest BCUT2D eigenvalue weighted by Gasteiger charge is 2.30. The van der Waals surface area contributed by atoms with Crippen LogP contribution in [0, 0.1) is 0 Å². The highest BCUT2D eigenvalue weighted by molar-refractivity contribution is 6.01. The Kier molecular flexibility index (Phi) is 3.37. The normalized spacial score (nSPS) is 14.3. The predicted molar refractivity (Wildman–Crippen MR) is 75.3 cm³/mol. The molecule has 1 aliphatic rings. The molecule has 0 radical (unpaired) electrons. The van der Waals surface area contributed by atoms with E-state index in [4.69, 9.17) is 0 Å². The molecule has 6 heteroatoms. The number of benzene rings is 1. The van der Waals surface area contributed by atoms with Crippen LogP contribution in [0.1, 0.15) is 41.4 Å². The minimum atomic E-state index is -0.986. The van der Waals surface area contributed by atoms with Crippen molar-refractivity contribution < 1.29 is 19.4 Å². The third kappa shape index (κ3) is 2.49. The van der Waals surface area contributed by atoms with Crippen LogP contribution < -0.4 is 0 Å². The van der Waals surface area contributed by atoms with Crippen LogP contribution in [0.25, 0.3) is 11.0 Å². The molecule has 6 nitrogen and oxygen atoms in total. The van der Waals surface area contributed by atoms with Crippen LogP contribution in [0.5, 0.6) is 0 Å². The number of aryl methyl sites for hydroxylation is 1. The summed E-state index contributed by atoms with van der Waals surface area (Å²) in [6.45, 7) is 0.456. The van der Waals surface area contributed by atoms with Gasteiger partial charge >= 0.3 is 11.9 Å². The molecule has 0 amide bonds. The smallest absolute Gasteiger partial charge is 0.337 e. The number of imidazole rings is 1. The Morgan fingerprint density at radius 1 is 1.43 bits per heavy atom. The average molecular weight is 288 g/mol. The standard InChI is InChI=1S/C15H16N2O4/c1-21-12(18)7-8-17-11-4-2-3-10(15(19)20)13(11)16-14(17)9-5-6-9/h2-4,9H,5-8H2,1H3,(H,19,20). The summed E-state index contributed by atoms with van der Waals surface area (Å²) in [5, 5.41) is 9.27. The molecular formula is C15H16N2O4. The SMILES string of the molecule is COC(=O)CCn1c(C2CC2)nc2c(C(=O)O)cccc21. The molecule has 0 bridgehead atoms. The third-order valence-electron chi connectivity index (χ3n) is 3.75. The van der Waals surface area contributed by atoms with Gasteiger partial charge in [0.25, 0.3) is 0 Å². The molecular weight excluding hydrogens is 272 g/mol. The fraction of sp³-hybridized carbons (Fsp3) is 0.400. The van der Waals surface area contributed by atoms with E-state index in [1.165, 1.54) is 7.11 Å². The molecule has 0 spiro atoms. The second kappa shape index (κ2) is 5.20. The average Bonchev–Trinajstić information content (AvgIpc) is 3.25. The summed E-state index contributed by atoms with van der Waals surface area (Å²) in [6, 6.07) is 5.11. The van der Waals surface area contributed by atoms with Gasteiger partial charge in [-0.25, -0.2) is 9.78 Å². The van der Waals surface area contributed by atoms with Crippen LogP contribution >= 0.6 is 0 Å². The number of rotatable bonds is 5. The van der Waals surface area contributed by atoms with Gasteiger partial charge < -0.3 is 14.4 Å². The lowest BCUT2D eigenvalue weighted by molar-refractivity contribution is -0.140. The Labute approximate surface area is 121 Å². The number of para-hydroxylation sites is 1. The summed E-state index contributed by atoms with van der Waals surface area (Å²) in [7, 11) is 1.36. The number of esters is 1. The number of aromatic nitrogens is 2. The molecule has 1 aromatic carbocycles. The topological polar surface area (TPSA) is 81.4 Å². The molecule has 0 atom stereocenters. The van der Waals surface area contributed by atoms with Crippen molar-refractivity contribution in [2.45, 2.75) is 31.7 Å². The maximum atomic E-state index is 11.4. The van der Waals surface area contributed by atoms with Crippen molar-refractivity contribution in [2.24, 2.45) is 0 Å². The summed E-state index contributed by atoms with van der Waals surface area (Å²) in [5.74, 6) is -0.0205. The fourth-order valence-electron chi connectivity index (χ4n) is 2.53. The number of nitrogens with zero attached hydrogens (tertiary/aromatic N) is 2. The number of ether oxygens (including phenoxy) is 1. The molecule has 1 aromatic heterocycles. The Balaban J connectivity index is 2.07. The molecule has 2 aromatic rings. The Bertz CT molecular complexity index is 716. The summed E-state index contributed by atoms with van der Waals surface area (Å²) in [4.78, 5) is 27.2. The first-order valence-corrected chi connectivity index (χ1v) is 6.91. The summed E-state index contributed by atoms with van der Waals surface area (Å²) in [5.41, 5.74) is 1.46. The quantitative estimate of drug-likeness (QED) is 0.853. The van der Waals surface area contributed by atoms with Crippen LogP contribution in [-0.4, -0.2) is 33.7 Å². The maximum absolute atomic E-state index is 11.4. The van der Waals surface area contributed by atoms with Gasteiger partial charge in [0.1, 0.15) is 11.3 Å². The van der Waals surface area contributed by atoms with Gasteiger partial charge in [-0.15, -0.1) is 0 Å². The Hall–Kier alpha value is -2.37. The number of fused-ring (bicyclic) bond motifs is 1. The minimum Gasteiger partial charge on any atom is -0.478 e. The lowest BCUT2D eigenvalue weighted by atomic mass is 10.2. The van der Waals surface area contributed by atoms with Crippen molar-refractivity contribution in [1.29, 1.82) is 0 Å². The van der Waals surface area contributed by atoms with E-state index in [0.717, 1.165) is 24.2 Å². The molecule has 21 heavy (non-hydrogen) atoms. The molecule has 1 N–H and O–H groups in total. The number of carbonyl (C=O) groups excluding carboxylic acids is 1. The van der Waals surface area contributed by atoms with Crippen molar-refractivity contribution in [2.75, 3.05) is 7.11 Å². The predicted octanol–water partition coefficient (Wildman–Crippen LogP) is 2.17. The molecule has 1 fully saturated rings. The monoisotopic (exact) mass is 288 g/mol. The van der Waals surface area contributed by atoms with Gasteiger partial charge in [-0.2, -0.15) is 0 Å². The fourth-order valence-corrected chi connectivity index (χ4v) is 2.53. The molecule has 110 valence electrons. The van der Waals surface area contributed by atoms with Gasteiger partial charge in [0.2, 0.25) is 0 Å². The summed E-state index contributed by atoms with van der Waals surface area (Å²) in [6.07, 6.45) is 2.37. The summed E-state index contributed by atoms with van der Waals surface area (Å²) < 4.78 is 6.63. The molecule has 0 unspecified atom stereocenters. The lowest BCUT2D eigenvalue weighted by Gasteiger charge is -2.07. The van der Waals surface area contributed by atoms with Gasteiger partial charge in [-0.05, 0) is 25.0 Å². The van der Waals surface area contributed by atoms with Crippen molar-refractivity contribution in [3.05, 3.63) is 29.6 Å². The number of hydrogen-bond donors (Lipinski definition) is 1. The number of carbonyl (C=O) groups is 2. The zero-order valence-corrected chi connectivity index (χ0v) is 11.7. The maximum Gasteiger partial charge on any atom is 0.337 e. The molecule has 1 heterocycles. The van der Waals surface area contributed by atoms with Crippen molar-refractivity contribution in [1.82, 2.24) is 9.55 Å². The highest BCUT2D eigenvalue weighted by atomic mass is 16.5. The number of carboxylic acids is 1. The largest absolute Gasteiger partial charge is 0.478 e. The molecule has 0 aliphatic heterocycles. The van der Waals surface area contributed by atoms with E-state index in [2.05, 4.69) is 9.72 Å². The van der Waals surface area contributed by atoms with E-state index in [9.17, 15) is 14.7 Å². The first kappa shape index (κ1) is 13.6. The summed E-state index contributed by atoms with van der Waals surface area (Å²) >= 11 is 0. The van der Waals surface area contributed by atoms with E-state index in [-0.39, 0.29) is 18.0 Å². The zero-order chi connectivity index (χ0) is 15.0. The van der Waals surface area contributed by atoms with Crippen LogP contribution in [0.2, 0.25) is 0 Å². The van der Waals surface area contributed by atoms with Gasteiger partial charge in [0, 0.05) is 12.5 Å². The second-order valence-corrected chi connectivity index (χ2v) is 5.20. The first-order valence-electron chi connectivity index (χ1n) is 6.91. The van der Waals surface area contributed by atoms with Gasteiger partial charge in [0.15, 0.2) is 0 Å². The van der Waals surface area contributed by atoms with Crippen LogP contribution in [0.3, 0.4) is 0 Å². The van der Waals surface area contributed by atoms with Crippen molar-refractivity contribution >= 4 is 23.0 Å². The van der Waals surface area contributed by atoms with Gasteiger partial charge in [-0.1, -0.05) is 6.07 Å². The molecule has 1 saturated carbocycles. The van der Waals surface area contributed by atoms with Crippen LogP contribution in [0.15, 0.2) is 18.2 Å². The highest BCUT2D eigenvalue weighted by Crippen LogP contribution is 2.41. The molecule has 0 saturated heterocycles. The number of methoxy groups -OCH3 is 1. The van der Waals surface area contributed by atoms with E-state index < -0.39 is 5.97 Å². The second-order valence-electron chi connectivity index (χ2n) is 5.20. The lowest BCUT2D eigenvalue weighted by Crippen LogP contribution is -2.09. The van der Waals surface area contributed by atoms with Crippen LogP contribution in [0.4, 0.5) is 0 Å². The first-order chi connectivity index (χ1) is 10.1. The third-order valence-corrected chi connectivity index (χ3v) is 3.75. The van der Waals surface area contributed by atoms with E-state index in [1.807, 2.05) is 10.6 Å². The number of carboxylic acid groups (broad SMARTS) is 1. The Morgan fingerprint density at radius 3 is 2.81 bits per heavy atom.